The molecule has 1 unspecified atom stereocenters. The fourth-order valence-corrected chi connectivity index (χ4v) is 2.49. The maximum Gasteiger partial charge on any atom is 0.131 e. The number of hydrogen-bond acceptors (Lipinski definition) is 4. The molecule has 0 saturated carbocycles. The second kappa shape index (κ2) is 11.1. The van der Waals surface area contributed by atoms with Gasteiger partial charge in [-0.1, -0.05) is 24.8 Å². The zero-order valence-corrected chi connectivity index (χ0v) is 15.6. The monoisotopic (exact) mass is 356 g/mol. The van der Waals surface area contributed by atoms with Crippen LogP contribution in [0.1, 0.15) is 30.9 Å². The molecular weight excluding hydrogens is 327 g/mol. The average molecular weight is 356 g/mol. The van der Waals surface area contributed by atoms with E-state index in [0.717, 1.165) is 17.6 Å². The fourth-order valence-electron chi connectivity index (χ4n) is 2.49. The zero-order valence-electron chi connectivity index (χ0n) is 15.6. The molecule has 5 N–H and O–H groups in total. The van der Waals surface area contributed by atoms with E-state index in [1.807, 2.05) is 32.1 Å². The van der Waals surface area contributed by atoms with Gasteiger partial charge in [0.25, 0.3) is 0 Å². The first-order chi connectivity index (χ1) is 12.4. The van der Waals surface area contributed by atoms with Crippen LogP contribution in [-0.4, -0.2) is 18.8 Å². The minimum Gasteiger partial charge on any atom is -0.385 e. The van der Waals surface area contributed by atoms with Crippen LogP contribution in [0.2, 0.25) is 0 Å². The number of hydrogen-bond donors (Lipinski definition) is 3. The summed E-state index contributed by atoms with van der Waals surface area (Å²) in [7, 11) is 0. The maximum absolute atomic E-state index is 14.5. The predicted molar refractivity (Wildman–Crippen MR) is 110 cm³/mol. The molecule has 0 amide bonds. The van der Waals surface area contributed by atoms with Crippen molar-refractivity contribution in [3.8, 4) is 0 Å². The van der Waals surface area contributed by atoms with Crippen molar-refractivity contribution in [1.29, 1.82) is 0 Å². The van der Waals surface area contributed by atoms with E-state index in [1.54, 1.807) is 12.1 Å². The van der Waals surface area contributed by atoms with Crippen molar-refractivity contribution in [2.45, 2.75) is 32.7 Å². The van der Waals surface area contributed by atoms with Gasteiger partial charge in [-0.3, -0.25) is 0 Å². The highest BCUT2D eigenvalue weighted by Crippen LogP contribution is 2.26. The quantitative estimate of drug-likeness (QED) is 0.196. The van der Waals surface area contributed by atoms with Crippen LogP contribution in [-0.2, 0) is 0 Å². The molecule has 4 nitrogen and oxygen atoms in total. The first-order valence-corrected chi connectivity index (χ1v) is 8.59. The van der Waals surface area contributed by atoms with E-state index in [1.165, 1.54) is 12.3 Å². The SMILES string of the molecule is C=CCC(/C=N\N)=C\C(=C/C(=C)NCCC(C)N)c1c(C)cccc1F. The minimum absolute atomic E-state index is 0.104. The van der Waals surface area contributed by atoms with Crippen LogP contribution in [0.5, 0.6) is 0 Å². The summed E-state index contributed by atoms with van der Waals surface area (Å²) in [5.41, 5.74) is 9.31. The van der Waals surface area contributed by atoms with E-state index >= 15 is 0 Å². The van der Waals surface area contributed by atoms with Gasteiger partial charge >= 0.3 is 0 Å². The van der Waals surface area contributed by atoms with Crippen molar-refractivity contribution >= 4 is 11.8 Å². The van der Waals surface area contributed by atoms with E-state index in [4.69, 9.17) is 11.6 Å². The second-order valence-electron chi connectivity index (χ2n) is 6.24. The van der Waals surface area contributed by atoms with Crippen molar-refractivity contribution in [1.82, 2.24) is 5.32 Å². The van der Waals surface area contributed by atoms with Gasteiger partial charge < -0.3 is 16.9 Å². The van der Waals surface area contributed by atoms with Gasteiger partial charge in [0.15, 0.2) is 0 Å². The van der Waals surface area contributed by atoms with Crippen molar-refractivity contribution < 1.29 is 4.39 Å². The molecule has 0 radical (unpaired) electrons. The summed E-state index contributed by atoms with van der Waals surface area (Å²) < 4.78 is 14.5. The summed E-state index contributed by atoms with van der Waals surface area (Å²) in [5.74, 6) is 5.00. The molecule has 0 heterocycles. The van der Waals surface area contributed by atoms with Gasteiger partial charge in [-0.15, -0.1) is 6.58 Å². The molecule has 0 aliphatic heterocycles. The Balaban J connectivity index is 3.29. The number of aryl methyl sites for hydroxylation is 1. The summed E-state index contributed by atoms with van der Waals surface area (Å²) >= 11 is 0. The fraction of sp³-hybridized carbons (Fsp3) is 0.286. The van der Waals surface area contributed by atoms with Crippen LogP contribution in [0, 0.1) is 12.7 Å². The van der Waals surface area contributed by atoms with Gasteiger partial charge in [-0.25, -0.2) is 4.39 Å². The summed E-state index contributed by atoms with van der Waals surface area (Å²) in [5, 5.41) is 6.79. The lowest BCUT2D eigenvalue weighted by Crippen LogP contribution is -2.22. The van der Waals surface area contributed by atoms with E-state index in [0.29, 0.717) is 29.8 Å². The third-order valence-electron chi connectivity index (χ3n) is 3.75. The summed E-state index contributed by atoms with van der Waals surface area (Å²) in [6.07, 6.45) is 8.34. The third kappa shape index (κ3) is 7.07. The number of allylic oxidation sites excluding steroid dienone is 5. The second-order valence-corrected chi connectivity index (χ2v) is 6.24. The van der Waals surface area contributed by atoms with Crippen molar-refractivity contribution in [3.63, 3.8) is 0 Å². The van der Waals surface area contributed by atoms with Crippen molar-refractivity contribution in [2.75, 3.05) is 6.54 Å². The highest BCUT2D eigenvalue weighted by molar-refractivity contribution is 5.87. The number of rotatable bonds is 10. The number of hydrazone groups is 1. The highest BCUT2D eigenvalue weighted by Gasteiger charge is 2.10. The Morgan fingerprint density at radius 1 is 1.38 bits per heavy atom. The molecule has 0 spiro atoms. The summed E-state index contributed by atoms with van der Waals surface area (Å²) in [6, 6.07) is 5.11. The van der Waals surface area contributed by atoms with Gasteiger partial charge in [0.1, 0.15) is 5.82 Å². The molecule has 0 aliphatic carbocycles. The highest BCUT2D eigenvalue weighted by atomic mass is 19.1. The normalized spacial score (nSPS) is 13.7. The molecule has 5 heteroatoms. The topological polar surface area (TPSA) is 76.4 Å². The van der Waals surface area contributed by atoms with Gasteiger partial charge in [0.2, 0.25) is 0 Å². The Morgan fingerprint density at radius 2 is 2.12 bits per heavy atom. The summed E-state index contributed by atoms with van der Waals surface area (Å²) in [4.78, 5) is 0. The molecule has 0 saturated heterocycles. The Hall–Kier alpha value is -2.66. The molecule has 0 bridgehead atoms. The molecule has 1 aromatic rings. The van der Waals surface area contributed by atoms with Gasteiger partial charge in [-0.05, 0) is 61.6 Å². The molecule has 26 heavy (non-hydrogen) atoms. The average Bonchev–Trinajstić information content (AvgIpc) is 2.54. The van der Waals surface area contributed by atoms with Gasteiger partial charge in [-0.2, -0.15) is 5.10 Å². The van der Waals surface area contributed by atoms with Gasteiger partial charge in [0, 0.05) is 23.8 Å². The molecule has 1 aromatic carbocycles. The Kier molecular flexibility index (Phi) is 9.09. The number of benzene rings is 1. The predicted octanol–water partition coefficient (Wildman–Crippen LogP) is 3.81. The Bertz CT molecular complexity index is 694. The van der Waals surface area contributed by atoms with Crippen molar-refractivity contribution in [3.05, 3.63) is 77.8 Å². The molecule has 140 valence electrons. The number of nitrogens with one attached hydrogen (secondary N) is 1. The molecule has 0 fully saturated rings. The van der Waals surface area contributed by atoms with Crippen LogP contribution >= 0.6 is 0 Å². The smallest absolute Gasteiger partial charge is 0.131 e. The molecular formula is C21H29FN4. The third-order valence-corrected chi connectivity index (χ3v) is 3.75. The summed E-state index contributed by atoms with van der Waals surface area (Å²) in [6.45, 7) is 12.3. The first kappa shape index (κ1) is 21.4. The lowest BCUT2D eigenvalue weighted by atomic mass is 9.96. The number of nitrogens with zero attached hydrogens (tertiary/aromatic N) is 1. The van der Waals surface area contributed by atoms with E-state index in [9.17, 15) is 4.39 Å². The van der Waals surface area contributed by atoms with Gasteiger partial charge in [0.05, 0.1) is 6.21 Å². The molecule has 0 aromatic heterocycles. The van der Waals surface area contributed by atoms with E-state index in [2.05, 4.69) is 23.6 Å². The van der Waals surface area contributed by atoms with E-state index < -0.39 is 0 Å². The largest absolute Gasteiger partial charge is 0.385 e. The number of halogens is 1. The Labute approximate surface area is 155 Å². The van der Waals surface area contributed by atoms with E-state index in [-0.39, 0.29) is 11.9 Å². The van der Waals surface area contributed by atoms with Crippen LogP contribution in [0.4, 0.5) is 4.39 Å². The van der Waals surface area contributed by atoms with Crippen LogP contribution in [0.25, 0.3) is 5.57 Å². The molecule has 1 atom stereocenters. The lowest BCUT2D eigenvalue weighted by molar-refractivity contribution is 0.622. The zero-order chi connectivity index (χ0) is 19.5. The molecule has 1 rings (SSSR count). The van der Waals surface area contributed by atoms with Crippen molar-refractivity contribution in [2.24, 2.45) is 16.7 Å². The maximum atomic E-state index is 14.5. The van der Waals surface area contributed by atoms with Crippen LogP contribution in [0.3, 0.4) is 0 Å². The lowest BCUT2D eigenvalue weighted by Gasteiger charge is -2.13. The minimum atomic E-state index is -0.293. The molecule has 0 aliphatic rings. The van der Waals surface area contributed by atoms with Crippen LogP contribution in [0.15, 0.2) is 66.0 Å². The first-order valence-electron chi connectivity index (χ1n) is 8.59. The Morgan fingerprint density at radius 3 is 2.69 bits per heavy atom. The van der Waals surface area contributed by atoms with Crippen LogP contribution < -0.4 is 16.9 Å². The number of nitrogens with two attached hydrogens (primary N) is 2. The standard InChI is InChI=1S/C21H29FN4/c1-5-7-18(14-26-24)13-19(12-17(4)25-11-10-16(3)23)21-15(2)8-6-9-20(21)22/h5-6,8-9,12-14,16,25H,1,4,7,10-11,23-24H2,2-3H3/b18-13+,19-12+,26-14-.